The van der Waals surface area contributed by atoms with Gasteiger partial charge in [-0.1, -0.05) is 15.9 Å². The number of amides is 1. The van der Waals surface area contributed by atoms with Crippen molar-refractivity contribution in [3.63, 3.8) is 0 Å². The molecule has 0 radical (unpaired) electrons. The van der Waals surface area contributed by atoms with E-state index in [1.807, 2.05) is 0 Å². The lowest BCUT2D eigenvalue weighted by Crippen LogP contribution is -2.53. The van der Waals surface area contributed by atoms with Gasteiger partial charge in [-0.2, -0.15) is 0 Å². The molecule has 1 unspecified atom stereocenters. The highest BCUT2D eigenvalue weighted by Crippen LogP contribution is 2.27. The SMILES string of the molecule is NC(=O)C1COCCN1c1ccc(Br)cc1C(=O)O. The molecule has 1 amide bonds. The van der Waals surface area contributed by atoms with Gasteiger partial charge < -0.3 is 20.5 Å². The second kappa shape index (κ2) is 5.58. The van der Waals surface area contributed by atoms with E-state index in [0.29, 0.717) is 23.3 Å². The minimum Gasteiger partial charge on any atom is -0.478 e. The Hall–Kier alpha value is -1.60. The first-order valence-corrected chi connectivity index (χ1v) is 6.46. The molecule has 0 saturated carbocycles. The lowest BCUT2D eigenvalue weighted by molar-refractivity contribution is -0.121. The van der Waals surface area contributed by atoms with Crippen molar-refractivity contribution in [2.24, 2.45) is 5.73 Å². The van der Waals surface area contributed by atoms with Gasteiger partial charge in [0.1, 0.15) is 6.04 Å². The molecule has 2 rings (SSSR count). The van der Waals surface area contributed by atoms with Crippen molar-refractivity contribution in [1.82, 2.24) is 0 Å². The fourth-order valence-electron chi connectivity index (χ4n) is 2.06. The van der Waals surface area contributed by atoms with Gasteiger partial charge in [-0.15, -0.1) is 0 Å². The number of rotatable bonds is 3. The average molecular weight is 329 g/mol. The molecular weight excluding hydrogens is 316 g/mol. The highest BCUT2D eigenvalue weighted by molar-refractivity contribution is 9.10. The van der Waals surface area contributed by atoms with E-state index in [1.54, 1.807) is 17.0 Å². The van der Waals surface area contributed by atoms with Crippen molar-refractivity contribution in [2.45, 2.75) is 6.04 Å². The highest BCUT2D eigenvalue weighted by Gasteiger charge is 2.30. The van der Waals surface area contributed by atoms with Crippen molar-refractivity contribution in [3.05, 3.63) is 28.2 Å². The monoisotopic (exact) mass is 328 g/mol. The normalized spacial score (nSPS) is 19.2. The number of primary amides is 1. The van der Waals surface area contributed by atoms with E-state index >= 15 is 0 Å². The maximum absolute atomic E-state index is 11.4. The van der Waals surface area contributed by atoms with Gasteiger partial charge in [0.05, 0.1) is 24.5 Å². The number of halogens is 1. The van der Waals surface area contributed by atoms with E-state index < -0.39 is 17.9 Å². The number of benzene rings is 1. The molecule has 0 spiro atoms. The van der Waals surface area contributed by atoms with Crippen molar-refractivity contribution in [3.8, 4) is 0 Å². The summed E-state index contributed by atoms with van der Waals surface area (Å²) in [6.45, 7) is 1.03. The first kappa shape index (κ1) is 13.8. The van der Waals surface area contributed by atoms with Crippen LogP contribution in [0.1, 0.15) is 10.4 Å². The number of anilines is 1. The molecule has 1 atom stereocenters. The van der Waals surface area contributed by atoms with Crippen LogP contribution in [-0.4, -0.2) is 42.8 Å². The third-order valence-electron chi connectivity index (χ3n) is 2.96. The van der Waals surface area contributed by atoms with E-state index in [-0.39, 0.29) is 12.2 Å². The number of hydrogen-bond acceptors (Lipinski definition) is 4. The quantitative estimate of drug-likeness (QED) is 0.857. The van der Waals surface area contributed by atoms with Gasteiger partial charge in [-0.3, -0.25) is 4.79 Å². The van der Waals surface area contributed by atoms with E-state index in [9.17, 15) is 14.7 Å². The summed E-state index contributed by atoms with van der Waals surface area (Å²) in [4.78, 5) is 24.4. The van der Waals surface area contributed by atoms with E-state index in [1.165, 1.54) is 6.07 Å². The van der Waals surface area contributed by atoms with Crippen LogP contribution in [0.25, 0.3) is 0 Å². The number of nitrogens with zero attached hydrogens (tertiary/aromatic N) is 1. The number of ether oxygens (including phenoxy) is 1. The Balaban J connectivity index is 2.44. The first-order chi connectivity index (χ1) is 9.00. The summed E-state index contributed by atoms with van der Waals surface area (Å²) in [6, 6.07) is 4.25. The predicted octanol–water partition coefficient (Wildman–Crippen LogP) is 0.838. The molecule has 1 saturated heterocycles. The fraction of sp³-hybridized carbons (Fsp3) is 0.333. The second-order valence-corrected chi connectivity index (χ2v) is 5.07. The molecule has 0 bridgehead atoms. The summed E-state index contributed by atoms with van der Waals surface area (Å²) >= 11 is 3.23. The predicted molar refractivity (Wildman–Crippen MR) is 72.2 cm³/mol. The van der Waals surface area contributed by atoms with Crippen LogP contribution in [0.5, 0.6) is 0 Å². The van der Waals surface area contributed by atoms with E-state index in [2.05, 4.69) is 15.9 Å². The zero-order chi connectivity index (χ0) is 14.0. The molecule has 1 aliphatic heterocycles. The van der Waals surface area contributed by atoms with Crippen LogP contribution in [0.3, 0.4) is 0 Å². The number of hydrogen-bond donors (Lipinski definition) is 2. The maximum atomic E-state index is 11.4. The van der Waals surface area contributed by atoms with Crippen LogP contribution in [0, 0.1) is 0 Å². The Morgan fingerprint density at radius 1 is 1.47 bits per heavy atom. The zero-order valence-corrected chi connectivity index (χ0v) is 11.6. The Kier molecular flexibility index (Phi) is 4.06. The van der Waals surface area contributed by atoms with Gasteiger partial charge in [-0.05, 0) is 18.2 Å². The van der Waals surface area contributed by atoms with Gasteiger partial charge in [0, 0.05) is 11.0 Å². The average Bonchev–Trinajstić information content (AvgIpc) is 2.38. The van der Waals surface area contributed by atoms with Gasteiger partial charge in [-0.25, -0.2) is 4.79 Å². The number of carbonyl (C=O) groups is 2. The summed E-state index contributed by atoms with van der Waals surface area (Å²) in [7, 11) is 0. The van der Waals surface area contributed by atoms with Crippen LogP contribution < -0.4 is 10.6 Å². The summed E-state index contributed by atoms with van der Waals surface area (Å²) < 4.78 is 5.88. The molecule has 102 valence electrons. The molecule has 3 N–H and O–H groups in total. The molecule has 19 heavy (non-hydrogen) atoms. The van der Waals surface area contributed by atoms with Crippen LogP contribution in [0.4, 0.5) is 5.69 Å². The number of nitrogens with two attached hydrogens (primary N) is 1. The molecular formula is C12H13BrN2O4. The van der Waals surface area contributed by atoms with Crippen molar-refractivity contribution in [2.75, 3.05) is 24.7 Å². The topological polar surface area (TPSA) is 92.9 Å². The molecule has 0 aromatic heterocycles. The molecule has 1 aromatic rings. The molecule has 1 aliphatic rings. The highest BCUT2D eigenvalue weighted by atomic mass is 79.9. The number of carboxylic acid groups (broad SMARTS) is 1. The fourth-order valence-corrected chi connectivity index (χ4v) is 2.42. The first-order valence-electron chi connectivity index (χ1n) is 5.67. The lowest BCUT2D eigenvalue weighted by atomic mass is 10.1. The van der Waals surface area contributed by atoms with E-state index in [0.717, 1.165) is 0 Å². The van der Waals surface area contributed by atoms with Gasteiger partial charge in [0.25, 0.3) is 0 Å². The largest absolute Gasteiger partial charge is 0.478 e. The summed E-state index contributed by atoms with van der Waals surface area (Å²) in [5.41, 5.74) is 5.94. The van der Waals surface area contributed by atoms with Crippen molar-refractivity contribution in [1.29, 1.82) is 0 Å². The molecule has 7 heteroatoms. The zero-order valence-electron chi connectivity index (χ0n) is 10.0. The molecule has 0 aliphatic carbocycles. The minimum atomic E-state index is -1.05. The van der Waals surface area contributed by atoms with E-state index in [4.69, 9.17) is 10.5 Å². The lowest BCUT2D eigenvalue weighted by Gasteiger charge is -2.36. The smallest absolute Gasteiger partial charge is 0.337 e. The van der Waals surface area contributed by atoms with Crippen LogP contribution in [-0.2, 0) is 9.53 Å². The van der Waals surface area contributed by atoms with Crippen LogP contribution in [0.2, 0.25) is 0 Å². The maximum Gasteiger partial charge on any atom is 0.337 e. The van der Waals surface area contributed by atoms with Crippen molar-refractivity contribution < 1.29 is 19.4 Å². The third-order valence-corrected chi connectivity index (χ3v) is 3.45. The Morgan fingerprint density at radius 3 is 2.84 bits per heavy atom. The third kappa shape index (κ3) is 2.87. The Labute approximate surface area is 118 Å². The standard InChI is InChI=1S/C12H13BrN2O4/c13-7-1-2-9(8(5-7)12(17)18)15-3-4-19-6-10(15)11(14)16/h1-2,5,10H,3-4,6H2,(H2,14,16)(H,17,18). The molecule has 1 heterocycles. The summed E-state index contributed by atoms with van der Waals surface area (Å²) in [6.07, 6.45) is 0. The number of carbonyl (C=O) groups excluding carboxylic acids is 1. The van der Waals surface area contributed by atoms with Crippen molar-refractivity contribution >= 4 is 33.5 Å². The number of aromatic carboxylic acids is 1. The molecule has 1 fully saturated rings. The van der Waals surface area contributed by atoms with Gasteiger partial charge in [0.15, 0.2) is 0 Å². The van der Waals surface area contributed by atoms with Gasteiger partial charge in [0.2, 0.25) is 5.91 Å². The number of morpholine rings is 1. The Morgan fingerprint density at radius 2 is 2.21 bits per heavy atom. The summed E-state index contributed by atoms with van der Waals surface area (Å²) in [5, 5.41) is 9.25. The Bertz CT molecular complexity index is 520. The minimum absolute atomic E-state index is 0.127. The summed E-state index contributed by atoms with van der Waals surface area (Å²) in [5.74, 6) is -1.58. The van der Waals surface area contributed by atoms with Crippen LogP contribution in [0.15, 0.2) is 22.7 Å². The second-order valence-electron chi connectivity index (χ2n) is 4.15. The van der Waals surface area contributed by atoms with Gasteiger partial charge >= 0.3 is 5.97 Å². The molecule has 6 nitrogen and oxygen atoms in total. The number of carboxylic acids is 1. The van der Waals surface area contributed by atoms with Crippen LogP contribution >= 0.6 is 15.9 Å². The molecule has 1 aromatic carbocycles.